The number of rotatable bonds is 2. The number of nitrogens with one attached hydrogen (secondary N) is 1. The summed E-state index contributed by atoms with van der Waals surface area (Å²) in [6.45, 7) is 2.30. The minimum atomic E-state index is -0.223. The number of amides is 1. The van der Waals surface area contributed by atoms with E-state index in [1.807, 2.05) is 12.1 Å². The Balaban J connectivity index is 1.45. The Kier molecular flexibility index (Phi) is 4.20. The van der Waals surface area contributed by atoms with E-state index in [1.54, 1.807) is 17.4 Å². The molecule has 0 saturated heterocycles. The van der Waals surface area contributed by atoms with Crippen LogP contribution in [0.1, 0.15) is 16.1 Å². The first-order valence-corrected chi connectivity index (χ1v) is 9.17. The number of likely N-dealkylation sites (N-methyl/N-ethyl adjacent to an activating group) is 1. The van der Waals surface area contributed by atoms with Crippen LogP contribution in [-0.4, -0.2) is 36.0 Å². The molecular formula is C17H18ClN3O2S. The van der Waals surface area contributed by atoms with E-state index >= 15 is 0 Å². The Morgan fingerprint density at radius 3 is 3.25 bits per heavy atom. The highest BCUT2D eigenvalue weighted by Gasteiger charge is 2.27. The molecule has 1 N–H and O–H groups in total. The first-order valence-electron chi connectivity index (χ1n) is 7.97. The van der Waals surface area contributed by atoms with Crippen molar-refractivity contribution in [3.05, 3.63) is 39.4 Å². The summed E-state index contributed by atoms with van der Waals surface area (Å²) >= 11 is 7.61. The van der Waals surface area contributed by atoms with Gasteiger partial charge in [-0.15, -0.1) is 11.3 Å². The molecular weight excluding hydrogens is 346 g/mol. The molecule has 0 aliphatic carbocycles. The summed E-state index contributed by atoms with van der Waals surface area (Å²) in [6.07, 6.45) is 1.58. The van der Waals surface area contributed by atoms with Crippen molar-refractivity contribution in [3.63, 3.8) is 0 Å². The number of aromatic nitrogens is 1. The molecule has 2 aliphatic rings. The van der Waals surface area contributed by atoms with E-state index in [1.165, 1.54) is 4.88 Å². The van der Waals surface area contributed by atoms with E-state index in [0.29, 0.717) is 23.2 Å². The Hall–Kier alpha value is -1.63. The lowest BCUT2D eigenvalue weighted by Crippen LogP contribution is -2.32. The molecule has 126 valence electrons. The van der Waals surface area contributed by atoms with Crippen molar-refractivity contribution in [1.82, 2.24) is 9.88 Å². The fourth-order valence-electron chi connectivity index (χ4n) is 3.12. The second kappa shape index (κ2) is 6.35. The second-order valence-electron chi connectivity index (χ2n) is 6.33. The van der Waals surface area contributed by atoms with E-state index in [-0.39, 0.29) is 11.8 Å². The summed E-state index contributed by atoms with van der Waals surface area (Å²) in [7, 11) is 2.10. The summed E-state index contributed by atoms with van der Waals surface area (Å²) in [5, 5.41) is 4.32. The molecule has 1 amide bonds. The molecule has 2 aliphatic heterocycles. The second-order valence-corrected chi connectivity index (χ2v) is 7.85. The van der Waals surface area contributed by atoms with Crippen LogP contribution in [0.5, 0.6) is 5.75 Å². The van der Waals surface area contributed by atoms with Gasteiger partial charge in [0.1, 0.15) is 12.4 Å². The van der Waals surface area contributed by atoms with Crippen LogP contribution in [0.4, 0.5) is 5.13 Å². The van der Waals surface area contributed by atoms with E-state index in [2.05, 4.69) is 22.2 Å². The third-order valence-corrected chi connectivity index (χ3v) is 5.68. The SMILES string of the molecule is CN1CCc2nc(NC(=O)C3COc4ccc(Cl)cc4C3)sc2C1. The smallest absolute Gasteiger partial charge is 0.233 e. The molecule has 0 bridgehead atoms. The quantitative estimate of drug-likeness (QED) is 0.891. The van der Waals surface area contributed by atoms with Crippen molar-refractivity contribution in [3.8, 4) is 5.75 Å². The Morgan fingerprint density at radius 1 is 1.50 bits per heavy atom. The summed E-state index contributed by atoms with van der Waals surface area (Å²) in [5.74, 6) is 0.552. The van der Waals surface area contributed by atoms with Gasteiger partial charge in [0.15, 0.2) is 5.13 Å². The maximum atomic E-state index is 12.6. The minimum Gasteiger partial charge on any atom is -0.492 e. The van der Waals surface area contributed by atoms with Crippen LogP contribution in [-0.2, 0) is 24.2 Å². The van der Waals surface area contributed by atoms with Gasteiger partial charge in [-0.1, -0.05) is 11.6 Å². The first-order chi connectivity index (χ1) is 11.6. The van der Waals surface area contributed by atoms with Gasteiger partial charge in [0.05, 0.1) is 11.6 Å². The number of carbonyl (C=O) groups excluding carboxylic acids is 1. The molecule has 5 nitrogen and oxygen atoms in total. The molecule has 4 rings (SSSR count). The lowest BCUT2D eigenvalue weighted by atomic mass is 9.96. The maximum absolute atomic E-state index is 12.6. The highest BCUT2D eigenvalue weighted by atomic mass is 35.5. The first kappa shape index (κ1) is 15.9. The number of nitrogens with zero attached hydrogens (tertiary/aromatic N) is 2. The van der Waals surface area contributed by atoms with Crippen LogP contribution in [0.2, 0.25) is 5.02 Å². The molecule has 0 radical (unpaired) electrons. The molecule has 0 spiro atoms. The van der Waals surface area contributed by atoms with E-state index < -0.39 is 0 Å². The van der Waals surface area contributed by atoms with Gasteiger partial charge in [-0.05, 0) is 37.2 Å². The fourth-order valence-corrected chi connectivity index (χ4v) is 4.40. The zero-order valence-electron chi connectivity index (χ0n) is 13.3. The summed E-state index contributed by atoms with van der Waals surface area (Å²) in [4.78, 5) is 20.7. The van der Waals surface area contributed by atoms with Gasteiger partial charge in [0.25, 0.3) is 0 Å². The third-order valence-electron chi connectivity index (χ3n) is 4.45. The molecule has 0 fully saturated rings. The van der Waals surface area contributed by atoms with Crippen molar-refractivity contribution >= 4 is 34.0 Å². The third kappa shape index (κ3) is 3.14. The number of benzene rings is 1. The lowest BCUT2D eigenvalue weighted by Gasteiger charge is -2.24. The predicted molar refractivity (Wildman–Crippen MR) is 94.9 cm³/mol. The van der Waals surface area contributed by atoms with Crippen LogP contribution >= 0.6 is 22.9 Å². The van der Waals surface area contributed by atoms with E-state index in [9.17, 15) is 4.79 Å². The Morgan fingerprint density at radius 2 is 2.38 bits per heavy atom. The van der Waals surface area contributed by atoms with Crippen LogP contribution < -0.4 is 10.1 Å². The Bertz CT molecular complexity index is 792. The number of fused-ring (bicyclic) bond motifs is 2. The van der Waals surface area contributed by atoms with Gasteiger partial charge in [0.2, 0.25) is 5.91 Å². The van der Waals surface area contributed by atoms with Gasteiger partial charge >= 0.3 is 0 Å². The Labute approximate surface area is 149 Å². The molecule has 1 aromatic heterocycles. The number of anilines is 1. The largest absolute Gasteiger partial charge is 0.492 e. The van der Waals surface area contributed by atoms with Crippen molar-refractivity contribution in [2.75, 3.05) is 25.5 Å². The van der Waals surface area contributed by atoms with Crippen LogP contribution in [0.25, 0.3) is 0 Å². The predicted octanol–water partition coefficient (Wildman–Crippen LogP) is 2.97. The molecule has 7 heteroatoms. The van der Waals surface area contributed by atoms with Gasteiger partial charge in [0, 0.05) is 29.4 Å². The van der Waals surface area contributed by atoms with Crippen LogP contribution in [0.15, 0.2) is 18.2 Å². The average molecular weight is 364 g/mol. The summed E-state index contributed by atoms with van der Waals surface area (Å²) in [6, 6.07) is 5.53. The van der Waals surface area contributed by atoms with Gasteiger partial charge in [-0.25, -0.2) is 4.98 Å². The normalized spacial score (nSPS) is 20.0. The van der Waals surface area contributed by atoms with E-state index in [0.717, 1.165) is 36.5 Å². The number of thiazole rings is 1. The number of hydrogen-bond acceptors (Lipinski definition) is 5. The molecule has 24 heavy (non-hydrogen) atoms. The zero-order valence-corrected chi connectivity index (χ0v) is 14.9. The average Bonchev–Trinajstić information content (AvgIpc) is 2.95. The minimum absolute atomic E-state index is 0.0416. The van der Waals surface area contributed by atoms with Crippen molar-refractivity contribution in [2.45, 2.75) is 19.4 Å². The molecule has 0 saturated carbocycles. The van der Waals surface area contributed by atoms with Crippen molar-refractivity contribution in [1.29, 1.82) is 0 Å². The lowest BCUT2D eigenvalue weighted by molar-refractivity contribution is -0.121. The molecule has 1 unspecified atom stereocenters. The topological polar surface area (TPSA) is 54.5 Å². The van der Waals surface area contributed by atoms with Gasteiger partial charge in [-0.2, -0.15) is 0 Å². The summed E-state index contributed by atoms with van der Waals surface area (Å²) < 4.78 is 5.70. The number of halogens is 1. The number of carbonyl (C=O) groups is 1. The van der Waals surface area contributed by atoms with Crippen molar-refractivity contribution < 1.29 is 9.53 Å². The molecule has 1 atom stereocenters. The van der Waals surface area contributed by atoms with Crippen LogP contribution in [0.3, 0.4) is 0 Å². The standard InChI is InChI=1S/C17H18ClN3O2S/c1-21-5-4-13-15(8-21)24-17(19-13)20-16(22)11-6-10-7-12(18)2-3-14(10)23-9-11/h2-3,7,11H,4-6,8-9H2,1H3,(H,19,20,22). The van der Waals surface area contributed by atoms with E-state index in [4.69, 9.17) is 16.3 Å². The monoisotopic (exact) mass is 363 g/mol. The molecule has 3 heterocycles. The molecule has 1 aromatic carbocycles. The van der Waals surface area contributed by atoms with Crippen LogP contribution in [0, 0.1) is 5.92 Å². The summed E-state index contributed by atoms with van der Waals surface area (Å²) in [5.41, 5.74) is 2.10. The molecule has 2 aromatic rings. The zero-order chi connectivity index (χ0) is 16.7. The van der Waals surface area contributed by atoms with Gasteiger partial charge < -0.3 is 15.0 Å². The number of ether oxygens (including phenoxy) is 1. The fraction of sp³-hybridized carbons (Fsp3) is 0.412. The van der Waals surface area contributed by atoms with Crippen molar-refractivity contribution in [2.24, 2.45) is 5.92 Å². The highest BCUT2D eigenvalue weighted by molar-refractivity contribution is 7.15. The highest BCUT2D eigenvalue weighted by Crippen LogP contribution is 2.31. The number of hydrogen-bond donors (Lipinski definition) is 1. The van der Waals surface area contributed by atoms with Gasteiger partial charge in [-0.3, -0.25) is 4.79 Å². The maximum Gasteiger partial charge on any atom is 0.233 e.